The van der Waals surface area contributed by atoms with Crippen molar-refractivity contribution in [3.05, 3.63) is 0 Å². The second-order valence-corrected chi connectivity index (χ2v) is 7.48. The molecular formula is C16H34N2. The van der Waals surface area contributed by atoms with Crippen LogP contribution in [0.3, 0.4) is 0 Å². The minimum Gasteiger partial charge on any atom is -0.329 e. The standard InChI is InChI=1S/C16H34N2/c1-12(2)7-16(11-17,8-13(3)4)18-9-14(5)15(6)10-18/h12-15H,7-11,17H2,1-6H3. The number of nitrogens with two attached hydrogens (primary N) is 1. The zero-order chi connectivity index (χ0) is 13.9. The summed E-state index contributed by atoms with van der Waals surface area (Å²) in [6.45, 7) is 17.4. The van der Waals surface area contributed by atoms with Gasteiger partial charge in [-0.25, -0.2) is 0 Å². The summed E-state index contributed by atoms with van der Waals surface area (Å²) in [6.07, 6.45) is 2.47. The summed E-state index contributed by atoms with van der Waals surface area (Å²) in [5.74, 6) is 3.07. The van der Waals surface area contributed by atoms with E-state index in [1.165, 1.54) is 25.9 Å². The van der Waals surface area contributed by atoms with Crippen LogP contribution in [0.5, 0.6) is 0 Å². The first-order valence-electron chi connectivity index (χ1n) is 7.76. The molecule has 0 bridgehead atoms. The Morgan fingerprint density at radius 1 is 1.00 bits per heavy atom. The summed E-state index contributed by atoms with van der Waals surface area (Å²) in [5.41, 5.74) is 6.47. The van der Waals surface area contributed by atoms with E-state index in [2.05, 4.69) is 46.4 Å². The van der Waals surface area contributed by atoms with Crippen molar-refractivity contribution in [3.8, 4) is 0 Å². The van der Waals surface area contributed by atoms with Crippen LogP contribution < -0.4 is 5.73 Å². The van der Waals surface area contributed by atoms with E-state index >= 15 is 0 Å². The van der Waals surface area contributed by atoms with Gasteiger partial charge in [0.2, 0.25) is 0 Å². The molecule has 2 N–H and O–H groups in total. The normalized spacial score (nSPS) is 26.5. The molecule has 1 aliphatic rings. The molecule has 1 saturated heterocycles. The molecule has 108 valence electrons. The Morgan fingerprint density at radius 2 is 1.39 bits per heavy atom. The van der Waals surface area contributed by atoms with Crippen molar-refractivity contribution >= 4 is 0 Å². The molecule has 0 aliphatic carbocycles. The third-order valence-corrected chi connectivity index (χ3v) is 4.62. The van der Waals surface area contributed by atoms with Gasteiger partial charge >= 0.3 is 0 Å². The highest BCUT2D eigenvalue weighted by Crippen LogP contribution is 2.36. The third kappa shape index (κ3) is 3.71. The summed E-state index contributed by atoms with van der Waals surface area (Å²) in [4.78, 5) is 2.71. The lowest BCUT2D eigenvalue weighted by atomic mass is 9.80. The van der Waals surface area contributed by atoms with Crippen molar-refractivity contribution in [1.29, 1.82) is 0 Å². The molecule has 2 atom stereocenters. The van der Waals surface area contributed by atoms with Gasteiger partial charge in [-0.1, -0.05) is 41.5 Å². The number of rotatable bonds is 6. The summed E-state index contributed by atoms with van der Waals surface area (Å²) in [6, 6.07) is 0. The summed E-state index contributed by atoms with van der Waals surface area (Å²) in [5, 5.41) is 0. The van der Waals surface area contributed by atoms with Gasteiger partial charge in [-0.2, -0.15) is 0 Å². The number of nitrogens with zero attached hydrogens (tertiary/aromatic N) is 1. The second kappa shape index (κ2) is 6.38. The molecule has 1 rings (SSSR count). The van der Waals surface area contributed by atoms with Gasteiger partial charge in [0.05, 0.1) is 0 Å². The van der Waals surface area contributed by atoms with Gasteiger partial charge in [0.15, 0.2) is 0 Å². The minimum atomic E-state index is 0.237. The average molecular weight is 254 g/mol. The Balaban J connectivity index is 2.87. The lowest BCUT2D eigenvalue weighted by Crippen LogP contribution is -2.54. The average Bonchev–Trinajstić information content (AvgIpc) is 2.57. The van der Waals surface area contributed by atoms with Crippen LogP contribution in [-0.4, -0.2) is 30.1 Å². The van der Waals surface area contributed by atoms with Gasteiger partial charge in [-0.05, 0) is 36.5 Å². The zero-order valence-corrected chi connectivity index (χ0v) is 13.4. The summed E-state index contributed by atoms with van der Waals surface area (Å²) >= 11 is 0. The molecule has 0 aromatic rings. The molecule has 0 aromatic heterocycles. The topological polar surface area (TPSA) is 29.3 Å². The molecule has 2 heteroatoms. The molecule has 0 amide bonds. The van der Waals surface area contributed by atoms with Crippen LogP contribution in [0.2, 0.25) is 0 Å². The van der Waals surface area contributed by atoms with E-state index < -0.39 is 0 Å². The first kappa shape index (κ1) is 16.0. The molecule has 18 heavy (non-hydrogen) atoms. The fourth-order valence-electron chi connectivity index (χ4n) is 3.67. The van der Waals surface area contributed by atoms with E-state index in [-0.39, 0.29) is 5.54 Å². The predicted octanol–water partition coefficient (Wildman–Crippen LogP) is 3.36. The SMILES string of the molecule is CC(C)CC(CN)(CC(C)C)N1CC(C)C(C)C1. The van der Waals surface area contributed by atoms with Crippen LogP contribution in [0.25, 0.3) is 0 Å². The maximum Gasteiger partial charge on any atom is 0.0336 e. The van der Waals surface area contributed by atoms with E-state index in [1.54, 1.807) is 0 Å². The number of hydrogen-bond donors (Lipinski definition) is 1. The van der Waals surface area contributed by atoms with Gasteiger partial charge in [0.25, 0.3) is 0 Å². The van der Waals surface area contributed by atoms with Crippen LogP contribution in [-0.2, 0) is 0 Å². The molecule has 0 radical (unpaired) electrons. The molecule has 2 nitrogen and oxygen atoms in total. The van der Waals surface area contributed by atoms with Gasteiger partial charge in [-0.15, -0.1) is 0 Å². The van der Waals surface area contributed by atoms with Crippen molar-refractivity contribution in [2.75, 3.05) is 19.6 Å². The Kier molecular flexibility index (Phi) is 5.67. The molecule has 0 spiro atoms. The smallest absolute Gasteiger partial charge is 0.0336 e. The van der Waals surface area contributed by atoms with Gasteiger partial charge in [0, 0.05) is 25.2 Å². The first-order chi connectivity index (χ1) is 8.30. The van der Waals surface area contributed by atoms with E-state index in [4.69, 9.17) is 5.73 Å². The maximum absolute atomic E-state index is 6.23. The fraction of sp³-hybridized carbons (Fsp3) is 1.00. The van der Waals surface area contributed by atoms with Crippen molar-refractivity contribution in [2.24, 2.45) is 29.4 Å². The molecule has 0 aromatic carbocycles. The highest BCUT2D eigenvalue weighted by Gasteiger charge is 2.41. The molecular weight excluding hydrogens is 220 g/mol. The van der Waals surface area contributed by atoms with E-state index in [0.29, 0.717) is 0 Å². The second-order valence-electron chi connectivity index (χ2n) is 7.48. The van der Waals surface area contributed by atoms with Crippen LogP contribution >= 0.6 is 0 Å². The Bertz CT molecular complexity index is 227. The van der Waals surface area contributed by atoms with Gasteiger partial charge in [-0.3, -0.25) is 4.90 Å². The summed E-state index contributed by atoms with van der Waals surface area (Å²) < 4.78 is 0. The summed E-state index contributed by atoms with van der Waals surface area (Å²) in [7, 11) is 0. The monoisotopic (exact) mass is 254 g/mol. The lowest BCUT2D eigenvalue weighted by molar-refractivity contribution is 0.0712. The molecule has 1 heterocycles. The van der Waals surface area contributed by atoms with Crippen LogP contribution in [0.15, 0.2) is 0 Å². The molecule has 0 saturated carbocycles. The van der Waals surface area contributed by atoms with Gasteiger partial charge < -0.3 is 5.73 Å². The van der Waals surface area contributed by atoms with Crippen molar-refractivity contribution in [3.63, 3.8) is 0 Å². The highest BCUT2D eigenvalue weighted by molar-refractivity contribution is 4.97. The van der Waals surface area contributed by atoms with Crippen molar-refractivity contribution in [1.82, 2.24) is 4.90 Å². The van der Waals surface area contributed by atoms with Crippen molar-refractivity contribution < 1.29 is 0 Å². The van der Waals surface area contributed by atoms with Gasteiger partial charge in [0.1, 0.15) is 0 Å². The van der Waals surface area contributed by atoms with Crippen molar-refractivity contribution in [2.45, 2.75) is 59.9 Å². The number of hydrogen-bond acceptors (Lipinski definition) is 2. The Labute approximate surface area is 114 Å². The van der Waals surface area contributed by atoms with Crippen LogP contribution in [0.1, 0.15) is 54.4 Å². The quantitative estimate of drug-likeness (QED) is 0.787. The zero-order valence-electron chi connectivity index (χ0n) is 13.4. The van der Waals surface area contributed by atoms with Crippen LogP contribution in [0, 0.1) is 23.7 Å². The molecule has 2 unspecified atom stereocenters. The molecule has 1 aliphatic heterocycles. The Morgan fingerprint density at radius 3 is 1.67 bits per heavy atom. The predicted molar refractivity (Wildman–Crippen MR) is 80.6 cm³/mol. The van der Waals surface area contributed by atoms with E-state index in [9.17, 15) is 0 Å². The first-order valence-corrected chi connectivity index (χ1v) is 7.76. The number of likely N-dealkylation sites (tertiary alicyclic amines) is 1. The Hall–Kier alpha value is -0.0800. The highest BCUT2D eigenvalue weighted by atomic mass is 15.2. The minimum absolute atomic E-state index is 0.237. The third-order valence-electron chi connectivity index (χ3n) is 4.62. The van der Waals surface area contributed by atoms with E-state index in [1.807, 2.05) is 0 Å². The molecule has 1 fully saturated rings. The lowest BCUT2D eigenvalue weighted by Gasteiger charge is -2.44. The van der Waals surface area contributed by atoms with E-state index in [0.717, 1.165) is 30.2 Å². The van der Waals surface area contributed by atoms with Crippen LogP contribution in [0.4, 0.5) is 0 Å². The largest absolute Gasteiger partial charge is 0.329 e. The fourth-order valence-corrected chi connectivity index (χ4v) is 3.67. The maximum atomic E-state index is 6.23.